The van der Waals surface area contributed by atoms with Crippen LogP contribution in [-0.4, -0.2) is 35.9 Å². The number of para-hydroxylation sites is 1. The van der Waals surface area contributed by atoms with E-state index in [-0.39, 0.29) is 30.1 Å². The topological polar surface area (TPSA) is 74.3 Å². The van der Waals surface area contributed by atoms with Crippen LogP contribution in [0.1, 0.15) is 11.3 Å². The molecule has 0 saturated carbocycles. The Kier molecular flexibility index (Phi) is 6.05. The van der Waals surface area contributed by atoms with Gasteiger partial charge in [0.25, 0.3) is 0 Å². The molecule has 118 valence electrons. The second-order valence-electron chi connectivity index (χ2n) is 4.94. The first-order valence-electron chi connectivity index (χ1n) is 7.02. The molecule has 0 spiro atoms. The van der Waals surface area contributed by atoms with Gasteiger partial charge in [0.15, 0.2) is 5.96 Å². The Morgan fingerprint density at radius 2 is 2.23 bits per heavy atom. The number of hydrogen-bond donors (Lipinski definition) is 3. The lowest BCUT2D eigenvalue weighted by Gasteiger charge is -2.15. The Morgan fingerprint density at radius 1 is 1.36 bits per heavy atom. The average Bonchev–Trinajstić information content (AvgIpc) is 3.16. The molecule has 1 unspecified atom stereocenters. The predicted molar refractivity (Wildman–Crippen MR) is 96.8 cm³/mol. The van der Waals surface area contributed by atoms with Gasteiger partial charge in [-0.15, -0.1) is 24.0 Å². The highest BCUT2D eigenvalue weighted by molar-refractivity contribution is 14.0. The zero-order valence-electron chi connectivity index (χ0n) is 12.4. The molecule has 6 nitrogen and oxygen atoms in total. The maximum Gasteiger partial charge on any atom is 0.191 e. The van der Waals surface area contributed by atoms with Crippen LogP contribution in [0.3, 0.4) is 0 Å². The van der Waals surface area contributed by atoms with E-state index in [0.717, 1.165) is 30.4 Å². The minimum Gasteiger partial charge on any atom is -0.488 e. The van der Waals surface area contributed by atoms with Gasteiger partial charge in [-0.3, -0.25) is 10.1 Å². The van der Waals surface area contributed by atoms with Crippen LogP contribution in [0, 0.1) is 0 Å². The van der Waals surface area contributed by atoms with Gasteiger partial charge in [0.2, 0.25) is 0 Å². The van der Waals surface area contributed by atoms with Gasteiger partial charge >= 0.3 is 0 Å². The smallest absolute Gasteiger partial charge is 0.191 e. The van der Waals surface area contributed by atoms with Crippen molar-refractivity contribution in [2.75, 3.05) is 13.6 Å². The summed E-state index contributed by atoms with van der Waals surface area (Å²) in [5.74, 6) is 1.74. The van der Waals surface area contributed by atoms with Crippen LogP contribution in [0.2, 0.25) is 0 Å². The van der Waals surface area contributed by atoms with Gasteiger partial charge in [0, 0.05) is 19.7 Å². The van der Waals surface area contributed by atoms with E-state index in [4.69, 9.17) is 4.74 Å². The first-order chi connectivity index (χ1) is 10.3. The van der Waals surface area contributed by atoms with E-state index in [9.17, 15) is 0 Å². The first kappa shape index (κ1) is 16.6. The number of guanidine groups is 1. The van der Waals surface area contributed by atoms with Crippen molar-refractivity contribution in [3.63, 3.8) is 0 Å². The van der Waals surface area contributed by atoms with Crippen LogP contribution in [0.25, 0.3) is 0 Å². The van der Waals surface area contributed by atoms with Gasteiger partial charge in [-0.05, 0) is 17.7 Å². The lowest BCUT2D eigenvalue weighted by Crippen LogP contribution is -2.42. The van der Waals surface area contributed by atoms with Crippen molar-refractivity contribution in [2.45, 2.75) is 19.1 Å². The molecule has 1 aliphatic rings. The molecule has 0 bridgehead atoms. The molecule has 0 amide bonds. The van der Waals surface area contributed by atoms with E-state index in [1.807, 2.05) is 24.3 Å². The third-order valence-electron chi connectivity index (χ3n) is 3.44. The minimum atomic E-state index is 0. The summed E-state index contributed by atoms with van der Waals surface area (Å²) < 4.78 is 5.89. The normalized spacial score (nSPS) is 16.4. The van der Waals surface area contributed by atoms with Crippen LogP contribution >= 0.6 is 24.0 Å². The molecule has 2 aromatic rings. The molecule has 1 aliphatic heterocycles. The SMILES string of the molecule is CN=C(NCc1ccn[nH]1)NCC1Cc2ccccc2O1.I. The quantitative estimate of drug-likeness (QED) is 0.405. The monoisotopic (exact) mass is 413 g/mol. The van der Waals surface area contributed by atoms with Crippen molar-refractivity contribution in [3.8, 4) is 5.75 Å². The first-order valence-corrected chi connectivity index (χ1v) is 7.02. The highest BCUT2D eigenvalue weighted by Gasteiger charge is 2.22. The maximum absolute atomic E-state index is 5.89. The highest BCUT2D eigenvalue weighted by atomic mass is 127. The van der Waals surface area contributed by atoms with Crippen LogP contribution in [0.5, 0.6) is 5.75 Å². The molecule has 1 aromatic heterocycles. The number of aliphatic imine (C=N–C) groups is 1. The summed E-state index contributed by atoms with van der Waals surface area (Å²) in [5, 5.41) is 13.3. The van der Waals surface area contributed by atoms with Crippen molar-refractivity contribution in [1.29, 1.82) is 0 Å². The fourth-order valence-electron chi connectivity index (χ4n) is 2.36. The molecule has 2 heterocycles. The van der Waals surface area contributed by atoms with Crippen LogP contribution in [0.15, 0.2) is 41.5 Å². The standard InChI is InChI=1S/C15H19N5O.HI/c1-16-15(17-9-12-6-7-19-20-12)18-10-13-8-11-4-2-3-5-14(11)21-13;/h2-7,13H,8-10H2,1H3,(H,19,20)(H2,16,17,18);1H. The molecule has 1 aromatic carbocycles. The molecule has 0 fully saturated rings. The summed E-state index contributed by atoms with van der Waals surface area (Å²) in [4.78, 5) is 4.20. The number of hydrogen-bond acceptors (Lipinski definition) is 3. The Hall–Kier alpha value is -1.77. The van der Waals surface area contributed by atoms with E-state index in [1.165, 1.54) is 5.56 Å². The number of ether oxygens (including phenoxy) is 1. The minimum absolute atomic E-state index is 0. The fraction of sp³-hybridized carbons (Fsp3) is 0.333. The highest BCUT2D eigenvalue weighted by Crippen LogP contribution is 2.27. The van der Waals surface area contributed by atoms with Gasteiger partial charge in [0.1, 0.15) is 11.9 Å². The van der Waals surface area contributed by atoms with E-state index >= 15 is 0 Å². The number of aromatic amines is 1. The Morgan fingerprint density at radius 3 is 2.95 bits per heavy atom. The van der Waals surface area contributed by atoms with Gasteiger partial charge in [-0.25, -0.2) is 0 Å². The van der Waals surface area contributed by atoms with E-state index < -0.39 is 0 Å². The molecular formula is C15H20IN5O. The predicted octanol–water partition coefficient (Wildman–Crippen LogP) is 1.70. The van der Waals surface area contributed by atoms with Crippen LogP contribution in [-0.2, 0) is 13.0 Å². The van der Waals surface area contributed by atoms with Crippen molar-refractivity contribution in [2.24, 2.45) is 4.99 Å². The number of aromatic nitrogens is 2. The zero-order valence-corrected chi connectivity index (χ0v) is 14.7. The van der Waals surface area contributed by atoms with Crippen molar-refractivity contribution in [1.82, 2.24) is 20.8 Å². The van der Waals surface area contributed by atoms with Crippen LogP contribution in [0.4, 0.5) is 0 Å². The number of halogens is 1. The molecule has 0 radical (unpaired) electrons. The fourth-order valence-corrected chi connectivity index (χ4v) is 2.36. The van der Waals surface area contributed by atoms with Crippen molar-refractivity contribution >= 4 is 29.9 Å². The van der Waals surface area contributed by atoms with E-state index in [2.05, 4.69) is 31.9 Å². The number of fused-ring (bicyclic) bond motifs is 1. The summed E-state index contributed by atoms with van der Waals surface area (Å²) in [6.45, 7) is 1.38. The molecule has 22 heavy (non-hydrogen) atoms. The molecular weight excluding hydrogens is 393 g/mol. The summed E-state index contributed by atoms with van der Waals surface area (Å²) >= 11 is 0. The number of nitrogens with zero attached hydrogens (tertiary/aromatic N) is 2. The molecule has 7 heteroatoms. The zero-order chi connectivity index (χ0) is 14.5. The maximum atomic E-state index is 5.89. The lowest BCUT2D eigenvalue weighted by atomic mass is 10.1. The Labute approximate surface area is 146 Å². The Balaban J connectivity index is 0.00000176. The second-order valence-corrected chi connectivity index (χ2v) is 4.94. The molecule has 0 saturated heterocycles. The van der Waals surface area contributed by atoms with E-state index in [1.54, 1.807) is 13.2 Å². The number of rotatable bonds is 4. The third-order valence-corrected chi connectivity index (χ3v) is 3.44. The molecule has 1 atom stereocenters. The number of benzene rings is 1. The van der Waals surface area contributed by atoms with Gasteiger partial charge in [0.05, 0.1) is 18.8 Å². The molecule has 0 aliphatic carbocycles. The van der Waals surface area contributed by atoms with Crippen molar-refractivity contribution < 1.29 is 4.74 Å². The van der Waals surface area contributed by atoms with Gasteiger partial charge in [-0.2, -0.15) is 5.10 Å². The average molecular weight is 413 g/mol. The summed E-state index contributed by atoms with van der Waals surface area (Å²) in [5.41, 5.74) is 2.28. The molecule has 3 rings (SSSR count). The summed E-state index contributed by atoms with van der Waals surface area (Å²) in [7, 11) is 1.76. The summed E-state index contributed by atoms with van der Waals surface area (Å²) in [6.07, 6.45) is 2.81. The van der Waals surface area contributed by atoms with Gasteiger partial charge < -0.3 is 15.4 Å². The number of nitrogens with one attached hydrogen (secondary N) is 3. The van der Waals surface area contributed by atoms with E-state index in [0.29, 0.717) is 6.54 Å². The Bertz CT molecular complexity index is 589. The summed E-state index contributed by atoms with van der Waals surface area (Å²) in [6, 6.07) is 10.1. The third kappa shape index (κ3) is 4.12. The van der Waals surface area contributed by atoms with Gasteiger partial charge in [-0.1, -0.05) is 18.2 Å². The largest absolute Gasteiger partial charge is 0.488 e. The second kappa shape index (κ2) is 8.02. The van der Waals surface area contributed by atoms with Crippen molar-refractivity contribution in [3.05, 3.63) is 47.8 Å². The lowest BCUT2D eigenvalue weighted by molar-refractivity contribution is 0.235. The van der Waals surface area contributed by atoms with Crippen LogP contribution < -0.4 is 15.4 Å². The number of H-pyrrole nitrogens is 1. The molecule has 3 N–H and O–H groups in total.